The Kier molecular flexibility index (Phi) is 6.31. The fraction of sp³-hybridized carbons (Fsp3) is 0.211. The highest BCUT2D eigenvalue weighted by molar-refractivity contribution is 7.16. The van der Waals surface area contributed by atoms with Crippen LogP contribution in [0.1, 0.15) is 30.0 Å². The SMILES string of the molecule is CCN(CC)c1cnc(/C=C/c2ccc(C=C(C#N)C#N)cc2)s1. The lowest BCUT2D eigenvalue weighted by molar-refractivity contribution is 0.874. The number of nitrogens with zero attached hydrogens (tertiary/aromatic N) is 4. The first kappa shape index (κ1) is 17.5. The molecule has 0 spiro atoms. The average molecular weight is 334 g/mol. The summed E-state index contributed by atoms with van der Waals surface area (Å²) >= 11 is 1.67. The molecule has 24 heavy (non-hydrogen) atoms. The van der Waals surface area contributed by atoms with Gasteiger partial charge in [0.15, 0.2) is 0 Å². The molecule has 0 amide bonds. The third-order valence-electron chi connectivity index (χ3n) is 3.49. The summed E-state index contributed by atoms with van der Waals surface area (Å²) in [6.45, 7) is 6.23. The van der Waals surface area contributed by atoms with Crippen LogP contribution in [0, 0.1) is 22.7 Å². The third kappa shape index (κ3) is 4.55. The van der Waals surface area contributed by atoms with E-state index in [0.717, 1.165) is 29.2 Å². The van der Waals surface area contributed by atoms with Gasteiger partial charge < -0.3 is 4.90 Å². The lowest BCUT2D eigenvalue weighted by atomic mass is 10.1. The summed E-state index contributed by atoms with van der Waals surface area (Å²) < 4.78 is 0. The monoisotopic (exact) mass is 334 g/mol. The Hall–Kier alpha value is -2.89. The molecule has 0 aliphatic heterocycles. The van der Waals surface area contributed by atoms with E-state index in [2.05, 4.69) is 23.7 Å². The molecule has 0 aliphatic rings. The second kappa shape index (κ2) is 8.67. The van der Waals surface area contributed by atoms with E-state index in [4.69, 9.17) is 10.5 Å². The second-order valence-corrected chi connectivity index (χ2v) is 6.03. The van der Waals surface area contributed by atoms with Crippen molar-refractivity contribution in [2.75, 3.05) is 18.0 Å². The molecule has 120 valence electrons. The Morgan fingerprint density at radius 1 is 1.08 bits per heavy atom. The van der Waals surface area contributed by atoms with Gasteiger partial charge >= 0.3 is 0 Å². The van der Waals surface area contributed by atoms with E-state index >= 15 is 0 Å². The van der Waals surface area contributed by atoms with Crippen LogP contribution in [0.3, 0.4) is 0 Å². The van der Waals surface area contributed by atoms with Crippen molar-refractivity contribution in [3.05, 3.63) is 52.2 Å². The van der Waals surface area contributed by atoms with Gasteiger partial charge in [-0.05, 0) is 37.1 Å². The van der Waals surface area contributed by atoms with Crippen molar-refractivity contribution in [1.29, 1.82) is 10.5 Å². The third-order valence-corrected chi connectivity index (χ3v) is 4.52. The molecule has 1 aromatic carbocycles. The molecule has 0 fully saturated rings. The Bertz CT molecular complexity index is 796. The molecule has 0 saturated heterocycles. The smallest absolute Gasteiger partial charge is 0.130 e. The van der Waals surface area contributed by atoms with Crippen LogP contribution in [-0.2, 0) is 0 Å². The van der Waals surface area contributed by atoms with Gasteiger partial charge in [-0.15, -0.1) is 0 Å². The Morgan fingerprint density at radius 3 is 2.29 bits per heavy atom. The minimum atomic E-state index is 0.102. The topological polar surface area (TPSA) is 63.7 Å². The van der Waals surface area contributed by atoms with Crippen LogP contribution in [-0.4, -0.2) is 18.1 Å². The summed E-state index contributed by atoms with van der Waals surface area (Å²) in [7, 11) is 0. The van der Waals surface area contributed by atoms with E-state index in [1.807, 2.05) is 54.8 Å². The van der Waals surface area contributed by atoms with Gasteiger partial charge in [-0.3, -0.25) is 0 Å². The van der Waals surface area contributed by atoms with Crippen molar-refractivity contribution in [1.82, 2.24) is 4.98 Å². The standard InChI is InChI=1S/C19H18N4S/c1-3-23(4-2)19-14-22-18(24-19)10-9-15-5-7-16(8-6-15)11-17(12-20)13-21/h5-11,14H,3-4H2,1-2H3/b10-9+. The first-order chi connectivity index (χ1) is 11.7. The summed E-state index contributed by atoms with van der Waals surface area (Å²) in [5.74, 6) is 0. The van der Waals surface area contributed by atoms with E-state index in [-0.39, 0.29) is 5.57 Å². The average Bonchev–Trinajstić information content (AvgIpc) is 3.09. The van der Waals surface area contributed by atoms with E-state index in [1.165, 1.54) is 5.00 Å². The highest BCUT2D eigenvalue weighted by atomic mass is 32.1. The lowest BCUT2D eigenvalue weighted by Crippen LogP contribution is -2.20. The summed E-state index contributed by atoms with van der Waals surface area (Å²) in [5.41, 5.74) is 1.98. The number of anilines is 1. The van der Waals surface area contributed by atoms with Gasteiger partial charge in [0.05, 0.1) is 6.20 Å². The summed E-state index contributed by atoms with van der Waals surface area (Å²) in [4.78, 5) is 6.71. The largest absolute Gasteiger partial charge is 0.363 e. The van der Waals surface area contributed by atoms with Crippen molar-refractivity contribution < 1.29 is 0 Å². The number of hydrogen-bond donors (Lipinski definition) is 0. The Morgan fingerprint density at radius 2 is 1.71 bits per heavy atom. The highest BCUT2D eigenvalue weighted by Crippen LogP contribution is 2.24. The van der Waals surface area contributed by atoms with Crippen LogP contribution in [0.4, 0.5) is 5.00 Å². The molecule has 0 saturated carbocycles. The maximum atomic E-state index is 8.77. The zero-order valence-electron chi connectivity index (χ0n) is 13.7. The van der Waals surface area contributed by atoms with E-state index in [9.17, 15) is 0 Å². The molecule has 0 atom stereocenters. The molecule has 0 aliphatic carbocycles. The quantitative estimate of drug-likeness (QED) is 0.725. The van der Waals surface area contributed by atoms with Gasteiger partial charge in [0.25, 0.3) is 0 Å². The first-order valence-electron chi connectivity index (χ1n) is 7.71. The van der Waals surface area contributed by atoms with Crippen molar-refractivity contribution in [2.45, 2.75) is 13.8 Å². The second-order valence-electron chi connectivity index (χ2n) is 4.99. The number of thiazole rings is 1. The van der Waals surface area contributed by atoms with Gasteiger partial charge in [0, 0.05) is 13.1 Å². The molecule has 1 aromatic heterocycles. The van der Waals surface area contributed by atoms with Gasteiger partial charge in [-0.1, -0.05) is 41.7 Å². The van der Waals surface area contributed by atoms with Crippen LogP contribution >= 0.6 is 11.3 Å². The van der Waals surface area contributed by atoms with E-state index < -0.39 is 0 Å². The Labute approximate surface area is 146 Å². The number of nitriles is 2. The molecule has 2 aromatic rings. The fourth-order valence-electron chi connectivity index (χ4n) is 2.16. The van der Waals surface area contributed by atoms with Crippen molar-refractivity contribution >= 4 is 34.6 Å². The molecule has 0 unspecified atom stereocenters. The molecule has 0 radical (unpaired) electrons. The van der Waals surface area contributed by atoms with Crippen LogP contribution < -0.4 is 4.90 Å². The van der Waals surface area contributed by atoms with Crippen LogP contribution in [0.15, 0.2) is 36.0 Å². The minimum Gasteiger partial charge on any atom is -0.363 e. The fourth-order valence-corrected chi connectivity index (χ4v) is 3.11. The van der Waals surface area contributed by atoms with Crippen LogP contribution in [0.5, 0.6) is 0 Å². The number of rotatable bonds is 6. The van der Waals surface area contributed by atoms with Crippen molar-refractivity contribution in [3.63, 3.8) is 0 Å². The number of hydrogen-bond acceptors (Lipinski definition) is 5. The number of benzene rings is 1. The molecule has 4 nitrogen and oxygen atoms in total. The van der Waals surface area contributed by atoms with Gasteiger partial charge in [0.1, 0.15) is 27.7 Å². The zero-order valence-corrected chi connectivity index (χ0v) is 14.5. The van der Waals surface area contributed by atoms with Crippen LogP contribution in [0.2, 0.25) is 0 Å². The molecular weight excluding hydrogens is 316 g/mol. The lowest BCUT2D eigenvalue weighted by Gasteiger charge is -2.17. The molecule has 5 heteroatoms. The first-order valence-corrected chi connectivity index (χ1v) is 8.52. The van der Waals surface area contributed by atoms with Crippen LogP contribution in [0.25, 0.3) is 18.2 Å². The summed E-state index contributed by atoms with van der Waals surface area (Å²) in [6, 6.07) is 11.4. The van der Waals surface area contributed by atoms with E-state index in [1.54, 1.807) is 17.4 Å². The minimum absolute atomic E-state index is 0.102. The molecule has 1 heterocycles. The normalized spacial score (nSPS) is 10.2. The predicted molar refractivity (Wildman–Crippen MR) is 100 cm³/mol. The summed E-state index contributed by atoms with van der Waals surface area (Å²) in [5, 5.41) is 19.7. The highest BCUT2D eigenvalue weighted by Gasteiger charge is 2.05. The number of aromatic nitrogens is 1. The van der Waals surface area contributed by atoms with Crippen molar-refractivity contribution in [2.24, 2.45) is 0 Å². The molecule has 0 N–H and O–H groups in total. The molecule has 2 rings (SSSR count). The van der Waals surface area contributed by atoms with Gasteiger partial charge in [-0.2, -0.15) is 10.5 Å². The Balaban J connectivity index is 2.09. The van der Waals surface area contributed by atoms with E-state index in [0.29, 0.717) is 0 Å². The molecule has 0 bridgehead atoms. The predicted octanol–water partition coefficient (Wildman–Crippen LogP) is 4.59. The van der Waals surface area contributed by atoms with Gasteiger partial charge in [-0.25, -0.2) is 4.98 Å². The maximum absolute atomic E-state index is 8.77. The summed E-state index contributed by atoms with van der Waals surface area (Å²) in [6.07, 6.45) is 7.49. The zero-order chi connectivity index (χ0) is 17.4. The number of allylic oxidation sites excluding steroid dienone is 1. The molecular formula is C19H18N4S. The van der Waals surface area contributed by atoms with Gasteiger partial charge in [0.2, 0.25) is 0 Å². The maximum Gasteiger partial charge on any atom is 0.130 e. The van der Waals surface area contributed by atoms with Crippen molar-refractivity contribution in [3.8, 4) is 12.1 Å².